The first-order valence-electron chi connectivity index (χ1n) is 5.58. The smallest absolute Gasteiger partial charge is 0.219 e. The number of nitrogens with zero attached hydrogens (tertiary/aromatic N) is 1. The molecule has 96 valence electrons. The Labute approximate surface area is 98.7 Å². The van der Waals surface area contributed by atoms with E-state index in [0.29, 0.717) is 6.54 Å². The van der Waals surface area contributed by atoms with E-state index in [1.165, 1.54) is 4.31 Å². The number of aliphatic hydroxyl groups is 1. The molecule has 2 unspecified atom stereocenters. The SMILES string of the molecule is CC(C)(C)C(O)[C@H]1CN1S(=O)(=O)C(C)(C)C. The van der Waals surface area contributed by atoms with Gasteiger partial charge in [-0.15, -0.1) is 0 Å². The highest BCUT2D eigenvalue weighted by Crippen LogP contribution is 2.37. The van der Waals surface area contributed by atoms with Gasteiger partial charge < -0.3 is 5.11 Å². The minimum Gasteiger partial charge on any atom is -0.391 e. The van der Waals surface area contributed by atoms with Crippen LogP contribution in [0, 0.1) is 5.41 Å². The maximum absolute atomic E-state index is 12.1. The fourth-order valence-electron chi connectivity index (χ4n) is 1.60. The van der Waals surface area contributed by atoms with Gasteiger partial charge in [-0.1, -0.05) is 20.8 Å². The van der Waals surface area contributed by atoms with E-state index in [1.807, 2.05) is 20.8 Å². The maximum atomic E-state index is 12.1. The summed E-state index contributed by atoms with van der Waals surface area (Å²) in [5.74, 6) is 0. The van der Waals surface area contributed by atoms with Crippen molar-refractivity contribution >= 4 is 10.0 Å². The van der Waals surface area contributed by atoms with Crippen LogP contribution in [0.25, 0.3) is 0 Å². The van der Waals surface area contributed by atoms with E-state index in [9.17, 15) is 13.5 Å². The van der Waals surface area contributed by atoms with Crippen LogP contribution in [0.5, 0.6) is 0 Å². The van der Waals surface area contributed by atoms with Crippen molar-refractivity contribution < 1.29 is 13.5 Å². The van der Waals surface area contributed by atoms with E-state index < -0.39 is 20.9 Å². The Morgan fingerprint density at radius 3 is 1.94 bits per heavy atom. The summed E-state index contributed by atoms with van der Waals surface area (Å²) in [6, 6.07) is -0.246. The molecule has 0 spiro atoms. The molecule has 0 aromatic heterocycles. The molecule has 0 saturated carbocycles. The lowest BCUT2D eigenvalue weighted by Gasteiger charge is -2.27. The second kappa shape index (κ2) is 3.68. The molecule has 3 atom stereocenters. The van der Waals surface area contributed by atoms with E-state index in [-0.39, 0.29) is 11.5 Å². The van der Waals surface area contributed by atoms with Gasteiger partial charge in [0.2, 0.25) is 10.0 Å². The number of hydrogen-bond acceptors (Lipinski definition) is 3. The molecule has 1 saturated heterocycles. The first kappa shape index (κ1) is 13.9. The highest BCUT2D eigenvalue weighted by molar-refractivity contribution is 7.90. The predicted octanol–water partition coefficient (Wildman–Crippen LogP) is 1.21. The molecule has 4 nitrogen and oxygen atoms in total. The van der Waals surface area contributed by atoms with Crippen molar-refractivity contribution in [1.82, 2.24) is 4.31 Å². The van der Waals surface area contributed by atoms with Crippen LogP contribution in [0.2, 0.25) is 0 Å². The zero-order chi connectivity index (χ0) is 12.9. The lowest BCUT2D eigenvalue weighted by Crippen LogP contribution is -2.39. The van der Waals surface area contributed by atoms with Crippen LogP contribution in [0.1, 0.15) is 41.5 Å². The van der Waals surface area contributed by atoms with Crippen LogP contribution in [-0.2, 0) is 10.0 Å². The predicted molar refractivity (Wildman–Crippen MR) is 64.6 cm³/mol. The van der Waals surface area contributed by atoms with Crippen LogP contribution >= 0.6 is 0 Å². The van der Waals surface area contributed by atoms with Crippen molar-refractivity contribution in [3.8, 4) is 0 Å². The van der Waals surface area contributed by atoms with Crippen LogP contribution in [0.4, 0.5) is 0 Å². The van der Waals surface area contributed by atoms with Crippen molar-refractivity contribution in [3.05, 3.63) is 0 Å². The first-order chi connectivity index (χ1) is 6.89. The number of aliphatic hydroxyl groups excluding tert-OH is 1. The highest BCUT2D eigenvalue weighted by Gasteiger charge is 2.54. The van der Waals surface area contributed by atoms with Crippen LogP contribution in [0.15, 0.2) is 0 Å². The summed E-state index contributed by atoms with van der Waals surface area (Å²) >= 11 is 0. The Hall–Kier alpha value is -0.130. The van der Waals surface area contributed by atoms with Crippen molar-refractivity contribution in [1.29, 1.82) is 0 Å². The molecule has 1 rings (SSSR count). The number of hydrogen-bond donors (Lipinski definition) is 1. The molecule has 5 heteroatoms. The lowest BCUT2D eigenvalue weighted by atomic mass is 9.87. The Balaban J connectivity index is 2.79. The summed E-state index contributed by atoms with van der Waals surface area (Å²) in [6.45, 7) is 11.2. The van der Waals surface area contributed by atoms with E-state index >= 15 is 0 Å². The highest BCUT2D eigenvalue weighted by atomic mass is 32.2. The maximum Gasteiger partial charge on any atom is 0.219 e. The topological polar surface area (TPSA) is 57.4 Å². The Bertz CT molecular complexity index is 362. The first-order valence-corrected chi connectivity index (χ1v) is 7.02. The molecule has 0 aliphatic carbocycles. The Morgan fingerprint density at radius 1 is 1.19 bits per heavy atom. The minimum atomic E-state index is -3.28. The largest absolute Gasteiger partial charge is 0.391 e. The van der Waals surface area contributed by atoms with Crippen molar-refractivity contribution in [2.75, 3.05) is 6.54 Å². The van der Waals surface area contributed by atoms with Gasteiger partial charge in [0.25, 0.3) is 0 Å². The van der Waals surface area contributed by atoms with E-state index in [2.05, 4.69) is 0 Å². The van der Waals surface area contributed by atoms with Gasteiger partial charge in [-0.2, -0.15) is 4.31 Å². The molecule has 0 radical (unpaired) electrons. The second-order valence-corrected chi connectivity index (χ2v) is 9.21. The van der Waals surface area contributed by atoms with Gasteiger partial charge in [0.05, 0.1) is 16.9 Å². The van der Waals surface area contributed by atoms with E-state index in [0.717, 1.165) is 0 Å². The third-order valence-electron chi connectivity index (χ3n) is 2.94. The molecule has 1 fully saturated rings. The normalized spacial score (nSPS) is 28.9. The van der Waals surface area contributed by atoms with Gasteiger partial charge in [-0.3, -0.25) is 0 Å². The molecule has 16 heavy (non-hydrogen) atoms. The fraction of sp³-hybridized carbons (Fsp3) is 1.00. The Kier molecular flexibility index (Phi) is 3.21. The summed E-state index contributed by atoms with van der Waals surface area (Å²) in [4.78, 5) is 0. The molecular weight excluding hydrogens is 226 g/mol. The average molecular weight is 249 g/mol. The van der Waals surface area contributed by atoms with Crippen molar-refractivity contribution in [3.63, 3.8) is 0 Å². The summed E-state index contributed by atoms with van der Waals surface area (Å²) in [5, 5.41) is 10.0. The van der Waals surface area contributed by atoms with Gasteiger partial charge >= 0.3 is 0 Å². The van der Waals surface area contributed by atoms with E-state index in [4.69, 9.17) is 0 Å². The number of sulfonamides is 1. The van der Waals surface area contributed by atoms with Gasteiger partial charge in [-0.25, -0.2) is 8.42 Å². The summed E-state index contributed by atoms with van der Waals surface area (Å²) in [7, 11) is -3.28. The summed E-state index contributed by atoms with van der Waals surface area (Å²) < 4.78 is 24.8. The van der Waals surface area contributed by atoms with Gasteiger partial charge in [0.15, 0.2) is 0 Å². The quantitative estimate of drug-likeness (QED) is 0.748. The van der Waals surface area contributed by atoms with Crippen molar-refractivity contribution in [2.45, 2.75) is 58.4 Å². The van der Waals surface area contributed by atoms with E-state index in [1.54, 1.807) is 20.8 Å². The third kappa shape index (κ3) is 2.41. The molecule has 1 heterocycles. The zero-order valence-electron chi connectivity index (χ0n) is 11.0. The zero-order valence-corrected chi connectivity index (χ0v) is 11.8. The molecule has 1 N–H and O–H groups in total. The van der Waals surface area contributed by atoms with Crippen molar-refractivity contribution in [2.24, 2.45) is 5.41 Å². The van der Waals surface area contributed by atoms with Gasteiger partial charge in [0, 0.05) is 6.54 Å². The summed E-state index contributed by atoms with van der Waals surface area (Å²) in [6.07, 6.45) is -0.607. The molecule has 0 bridgehead atoms. The second-order valence-electron chi connectivity index (χ2n) is 6.57. The van der Waals surface area contributed by atoms with Gasteiger partial charge in [0.1, 0.15) is 0 Å². The fourth-order valence-corrected chi connectivity index (χ4v) is 3.12. The Morgan fingerprint density at radius 2 is 1.62 bits per heavy atom. The standard InChI is InChI=1S/C11H23NO3S/c1-10(2,3)9(13)8-7-12(8)16(14,15)11(4,5)6/h8-9,13H,7H2,1-6H3/t8-,9?,12?/m1/s1. The average Bonchev–Trinajstić information content (AvgIpc) is 2.77. The lowest BCUT2D eigenvalue weighted by molar-refractivity contribution is 0.0565. The van der Waals surface area contributed by atoms with Crippen LogP contribution in [-0.4, -0.2) is 41.3 Å². The minimum absolute atomic E-state index is 0.246. The van der Waals surface area contributed by atoms with Gasteiger partial charge in [-0.05, 0) is 26.2 Å². The molecule has 0 aromatic carbocycles. The third-order valence-corrected chi connectivity index (χ3v) is 5.52. The molecule has 0 aromatic rings. The monoisotopic (exact) mass is 249 g/mol. The number of rotatable bonds is 2. The molecular formula is C11H23NO3S. The van der Waals surface area contributed by atoms with Crippen LogP contribution in [0.3, 0.4) is 0 Å². The van der Waals surface area contributed by atoms with Crippen LogP contribution < -0.4 is 0 Å². The summed E-state index contributed by atoms with van der Waals surface area (Å²) in [5.41, 5.74) is -0.285. The molecule has 1 aliphatic heterocycles. The molecule has 1 aliphatic rings. The molecule has 0 amide bonds.